The molecule has 4 heteroatoms. The van der Waals surface area contributed by atoms with Gasteiger partial charge in [-0.2, -0.15) is 0 Å². The number of aliphatic hydroxyl groups excluding tert-OH is 1. The third kappa shape index (κ3) is 3.63. The Kier molecular flexibility index (Phi) is 4.87. The smallest absolute Gasteiger partial charge is 0.109 e. The lowest BCUT2D eigenvalue weighted by molar-refractivity contribution is 0.232. The van der Waals surface area contributed by atoms with E-state index in [9.17, 15) is 5.11 Å². The molecule has 0 saturated carbocycles. The Morgan fingerprint density at radius 2 is 2.11 bits per heavy atom. The molecule has 0 bridgehead atoms. The van der Waals surface area contributed by atoms with E-state index >= 15 is 0 Å². The van der Waals surface area contributed by atoms with Crippen molar-refractivity contribution in [2.75, 3.05) is 6.61 Å². The lowest BCUT2D eigenvalue weighted by Gasteiger charge is -2.20. The predicted octanol–water partition coefficient (Wildman–Crippen LogP) is 2.40. The molecule has 18 heavy (non-hydrogen) atoms. The van der Waals surface area contributed by atoms with E-state index in [-0.39, 0.29) is 18.7 Å². The van der Waals surface area contributed by atoms with Crippen molar-refractivity contribution in [1.29, 1.82) is 0 Å². The molecule has 0 radical (unpaired) electrons. The Morgan fingerprint density at radius 1 is 1.33 bits per heavy atom. The van der Waals surface area contributed by atoms with Crippen LogP contribution in [0.4, 0.5) is 0 Å². The van der Waals surface area contributed by atoms with Crippen LogP contribution in [0, 0.1) is 0 Å². The lowest BCUT2D eigenvalue weighted by Crippen LogP contribution is -2.36. The molecular formula is C14H18N2OS. The highest BCUT2D eigenvalue weighted by Crippen LogP contribution is 2.16. The predicted molar refractivity (Wildman–Crippen MR) is 74.7 cm³/mol. The van der Waals surface area contributed by atoms with Crippen LogP contribution in [0.25, 0.3) is 0 Å². The van der Waals surface area contributed by atoms with Crippen LogP contribution < -0.4 is 5.32 Å². The zero-order valence-electron chi connectivity index (χ0n) is 10.4. The first-order valence-electron chi connectivity index (χ1n) is 6.10. The minimum absolute atomic E-state index is 0.0614. The number of rotatable bonds is 6. The molecule has 0 aliphatic carbocycles. The van der Waals surface area contributed by atoms with E-state index in [0.29, 0.717) is 0 Å². The van der Waals surface area contributed by atoms with Crippen molar-refractivity contribution in [2.24, 2.45) is 0 Å². The molecule has 0 aliphatic heterocycles. The summed E-state index contributed by atoms with van der Waals surface area (Å²) in [6.07, 6.45) is 2.64. The van der Waals surface area contributed by atoms with E-state index in [1.807, 2.05) is 29.8 Å². The van der Waals surface area contributed by atoms with Crippen LogP contribution in [0.2, 0.25) is 0 Å². The third-order valence-electron chi connectivity index (χ3n) is 2.85. The Morgan fingerprint density at radius 3 is 2.72 bits per heavy atom. The maximum atomic E-state index is 9.45. The summed E-state index contributed by atoms with van der Waals surface area (Å²) >= 11 is 1.63. The number of benzene rings is 1. The molecule has 1 heterocycles. The van der Waals surface area contributed by atoms with Gasteiger partial charge in [-0.05, 0) is 18.9 Å². The topological polar surface area (TPSA) is 45.1 Å². The number of hydrogen-bond acceptors (Lipinski definition) is 4. The monoisotopic (exact) mass is 262 g/mol. The Balaban J connectivity index is 1.93. The fraction of sp³-hybridized carbons (Fsp3) is 0.357. The fourth-order valence-corrected chi connectivity index (χ4v) is 2.60. The molecule has 2 aromatic rings. The van der Waals surface area contributed by atoms with Crippen molar-refractivity contribution in [3.05, 3.63) is 52.5 Å². The van der Waals surface area contributed by atoms with Crippen molar-refractivity contribution in [3.8, 4) is 0 Å². The molecule has 0 saturated heterocycles. The molecule has 2 atom stereocenters. The van der Waals surface area contributed by atoms with Crippen molar-refractivity contribution < 1.29 is 5.11 Å². The van der Waals surface area contributed by atoms with Crippen LogP contribution in [-0.4, -0.2) is 22.7 Å². The first-order valence-corrected chi connectivity index (χ1v) is 6.97. The molecule has 96 valence electrons. The quantitative estimate of drug-likeness (QED) is 0.840. The van der Waals surface area contributed by atoms with Crippen LogP contribution >= 0.6 is 11.3 Å². The second-order valence-electron chi connectivity index (χ2n) is 4.33. The van der Waals surface area contributed by atoms with Gasteiger partial charge in [-0.1, -0.05) is 30.3 Å². The molecule has 0 aliphatic rings. The van der Waals surface area contributed by atoms with Gasteiger partial charge in [-0.15, -0.1) is 11.3 Å². The second-order valence-corrected chi connectivity index (χ2v) is 5.25. The molecule has 0 fully saturated rings. The maximum absolute atomic E-state index is 9.45. The zero-order chi connectivity index (χ0) is 12.8. The van der Waals surface area contributed by atoms with Gasteiger partial charge in [0, 0.05) is 17.6 Å². The Labute approximate surface area is 112 Å². The van der Waals surface area contributed by atoms with Crippen molar-refractivity contribution in [1.82, 2.24) is 10.3 Å². The highest BCUT2D eigenvalue weighted by molar-refractivity contribution is 7.09. The largest absolute Gasteiger partial charge is 0.395 e. The summed E-state index contributed by atoms with van der Waals surface area (Å²) in [6.45, 7) is 2.21. The lowest BCUT2D eigenvalue weighted by atomic mass is 10.1. The standard InChI is InChI=1S/C14H18N2OS/c1-11(14-15-7-8-18-14)16-13(10-17)9-12-5-3-2-4-6-12/h2-8,11,13,16-17H,9-10H2,1H3. The Bertz CT molecular complexity index is 444. The number of nitrogens with one attached hydrogen (secondary N) is 1. The first kappa shape index (κ1) is 13.2. The van der Waals surface area contributed by atoms with Crippen molar-refractivity contribution >= 4 is 11.3 Å². The maximum Gasteiger partial charge on any atom is 0.109 e. The molecule has 1 aromatic carbocycles. The van der Waals surface area contributed by atoms with E-state index in [1.54, 1.807) is 11.3 Å². The summed E-state index contributed by atoms with van der Waals surface area (Å²) in [5, 5.41) is 15.9. The molecule has 1 aromatic heterocycles. The zero-order valence-corrected chi connectivity index (χ0v) is 11.2. The summed E-state index contributed by atoms with van der Waals surface area (Å²) in [6, 6.07) is 10.4. The van der Waals surface area contributed by atoms with Crippen LogP contribution in [-0.2, 0) is 6.42 Å². The number of hydrogen-bond donors (Lipinski definition) is 2. The van der Waals surface area contributed by atoms with E-state index < -0.39 is 0 Å². The van der Waals surface area contributed by atoms with Gasteiger partial charge in [0.1, 0.15) is 5.01 Å². The van der Waals surface area contributed by atoms with Gasteiger partial charge in [0.15, 0.2) is 0 Å². The first-order chi connectivity index (χ1) is 8.79. The van der Waals surface area contributed by atoms with Crippen LogP contribution in [0.3, 0.4) is 0 Å². The average Bonchev–Trinajstić information content (AvgIpc) is 2.93. The van der Waals surface area contributed by atoms with Gasteiger partial charge in [-0.3, -0.25) is 0 Å². The average molecular weight is 262 g/mol. The van der Waals surface area contributed by atoms with E-state index in [4.69, 9.17) is 0 Å². The highest BCUT2D eigenvalue weighted by atomic mass is 32.1. The second kappa shape index (κ2) is 6.64. The summed E-state index contributed by atoms with van der Waals surface area (Å²) in [5.74, 6) is 0. The number of thiazole rings is 1. The number of aromatic nitrogens is 1. The molecule has 0 amide bonds. The van der Waals surface area contributed by atoms with Crippen LogP contribution in [0.15, 0.2) is 41.9 Å². The summed E-state index contributed by atoms with van der Waals surface area (Å²) in [4.78, 5) is 4.28. The fourth-order valence-electron chi connectivity index (χ4n) is 1.95. The minimum Gasteiger partial charge on any atom is -0.395 e. The van der Waals surface area contributed by atoms with Gasteiger partial charge >= 0.3 is 0 Å². The molecular weight excluding hydrogens is 244 g/mol. The van der Waals surface area contributed by atoms with Gasteiger partial charge in [0.05, 0.1) is 12.6 Å². The summed E-state index contributed by atoms with van der Waals surface area (Å²) in [5.41, 5.74) is 1.23. The van der Waals surface area contributed by atoms with E-state index in [0.717, 1.165) is 11.4 Å². The number of nitrogens with zero attached hydrogens (tertiary/aromatic N) is 1. The van der Waals surface area contributed by atoms with E-state index in [2.05, 4.69) is 29.4 Å². The highest BCUT2D eigenvalue weighted by Gasteiger charge is 2.14. The van der Waals surface area contributed by atoms with Crippen molar-refractivity contribution in [2.45, 2.75) is 25.4 Å². The molecule has 2 N–H and O–H groups in total. The SMILES string of the molecule is CC(NC(CO)Cc1ccccc1)c1nccs1. The van der Waals surface area contributed by atoms with E-state index in [1.165, 1.54) is 5.56 Å². The van der Waals surface area contributed by atoms with Crippen LogP contribution in [0.1, 0.15) is 23.5 Å². The normalized spacial score (nSPS) is 14.3. The Hall–Kier alpha value is -1.23. The molecule has 2 rings (SSSR count). The molecule has 2 unspecified atom stereocenters. The van der Waals surface area contributed by atoms with Gasteiger partial charge in [-0.25, -0.2) is 4.98 Å². The van der Waals surface area contributed by atoms with Crippen LogP contribution in [0.5, 0.6) is 0 Å². The number of aliphatic hydroxyl groups is 1. The summed E-state index contributed by atoms with van der Waals surface area (Å²) in [7, 11) is 0. The van der Waals surface area contributed by atoms with Crippen molar-refractivity contribution in [3.63, 3.8) is 0 Å². The summed E-state index contributed by atoms with van der Waals surface area (Å²) < 4.78 is 0. The molecule has 0 spiro atoms. The third-order valence-corrected chi connectivity index (χ3v) is 3.81. The minimum atomic E-state index is 0.0614. The van der Waals surface area contributed by atoms with Gasteiger partial charge in [0.25, 0.3) is 0 Å². The van der Waals surface area contributed by atoms with Gasteiger partial charge < -0.3 is 10.4 Å². The molecule has 3 nitrogen and oxygen atoms in total. The van der Waals surface area contributed by atoms with Gasteiger partial charge in [0.2, 0.25) is 0 Å².